The molecular weight excluding hydrogens is 189 g/mol. The van der Waals surface area contributed by atoms with Gasteiger partial charge in [-0.2, -0.15) is 0 Å². The maximum absolute atomic E-state index is 13.8. The van der Waals surface area contributed by atoms with Gasteiger partial charge in [-0.3, -0.25) is 4.98 Å². The molecule has 1 nitrogen and oxygen atoms in total. The number of halogens is 1. The summed E-state index contributed by atoms with van der Waals surface area (Å²) in [5.74, 6) is -0.151. The first-order valence-electron chi connectivity index (χ1n) is 5.29. The monoisotopic (exact) mass is 209 g/mol. The van der Waals surface area contributed by atoms with Gasteiger partial charge in [0.05, 0.1) is 5.69 Å². The molecule has 0 N–H and O–H groups in total. The molecule has 2 heteroatoms. The molecule has 0 bridgehead atoms. The summed E-state index contributed by atoms with van der Waals surface area (Å²) in [7, 11) is 0. The van der Waals surface area contributed by atoms with Crippen LogP contribution in [0.5, 0.6) is 0 Å². The topological polar surface area (TPSA) is 12.9 Å². The summed E-state index contributed by atoms with van der Waals surface area (Å²) in [6.45, 7) is 12.2. The summed E-state index contributed by atoms with van der Waals surface area (Å²) in [5, 5.41) is 0. The molecule has 1 aromatic heterocycles. The van der Waals surface area contributed by atoms with E-state index in [9.17, 15) is 4.39 Å². The van der Waals surface area contributed by atoms with Crippen LogP contribution in [-0.2, 0) is 10.8 Å². The summed E-state index contributed by atoms with van der Waals surface area (Å²) in [6.07, 6.45) is 1.55. The van der Waals surface area contributed by atoms with Gasteiger partial charge in [0.1, 0.15) is 5.82 Å². The molecule has 84 valence electrons. The molecule has 0 atom stereocenters. The second-order valence-corrected chi connectivity index (χ2v) is 6.02. The van der Waals surface area contributed by atoms with E-state index in [2.05, 4.69) is 25.8 Å². The minimum Gasteiger partial charge on any atom is -0.260 e. The fourth-order valence-corrected chi connectivity index (χ4v) is 1.72. The minimum atomic E-state index is -0.207. The zero-order chi connectivity index (χ0) is 11.9. The van der Waals surface area contributed by atoms with Crippen molar-refractivity contribution in [1.82, 2.24) is 4.98 Å². The second kappa shape index (κ2) is 3.58. The lowest BCUT2D eigenvalue weighted by Gasteiger charge is -2.28. The van der Waals surface area contributed by atoms with Crippen molar-refractivity contribution >= 4 is 0 Å². The lowest BCUT2D eigenvalue weighted by Crippen LogP contribution is -2.25. The molecule has 0 saturated heterocycles. The Morgan fingerprint density at radius 3 is 1.87 bits per heavy atom. The smallest absolute Gasteiger partial charge is 0.130 e. The van der Waals surface area contributed by atoms with E-state index in [-0.39, 0.29) is 16.6 Å². The van der Waals surface area contributed by atoms with Crippen LogP contribution in [-0.4, -0.2) is 4.98 Å². The summed E-state index contributed by atoms with van der Waals surface area (Å²) in [4.78, 5) is 4.34. The fourth-order valence-electron chi connectivity index (χ4n) is 1.72. The number of pyridine rings is 1. The normalized spacial score (nSPS) is 13.0. The average molecular weight is 209 g/mol. The van der Waals surface area contributed by atoms with Crippen LogP contribution in [0, 0.1) is 5.82 Å². The van der Waals surface area contributed by atoms with Gasteiger partial charge in [-0.05, 0) is 11.5 Å². The summed E-state index contributed by atoms with van der Waals surface area (Å²) in [6, 6.07) is 1.44. The Morgan fingerprint density at radius 2 is 1.53 bits per heavy atom. The first-order chi connectivity index (χ1) is 6.64. The van der Waals surface area contributed by atoms with Gasteiger partial charge in [0.25, 0.3) is 0 Å². The molecule has 0 saturated carbocycles. The van der Waals surface area contributed by atoms with Gasteiger partial charge in [-0.1, -0.05) is 41.5 Å². The van der Waals surface area contributed by atoms with Crippen molar-refractivity contribution in [3.63, 3.8) is 0 Å². The minimum absolute atomic E-state index is 0.120. The average Bonchev–Trinajstić information content (AvgIpc) is 1.99. The first kappa shape index (κ1) is 12.2. The lowest BCUT2D eigenvalue weighted by atomic mass is 9.78. The number of nitrogens with zero attached hydrogens (tertiary/aromatic N) is 1. The van der Waals surface area contributed by atoms with Crippen LogP contribution in [0.1, 0.15) is 52.8 Å². The molecule has 0 aliphatic carbocycles. The van der Waals surface area contributed by atoms with Gasteiger partial charge in [-0.25, -0.2) is 4.39 Å². The SMILES string of the molecule is CC(C)(C)c1nccc(F)c1C(C)(C)C. The second-order valence-electron chi connectivity index (χ2n) is 6.02. The quantitative estimate of drug-likeness (QED) is 0.633. The van der Waals surface area contributed by atoms with E-state index < -0.39 is 0 Å². The van der Waals surface area contributed by atoms with Gasteiger partial charge >= 0.3 is 0 Å². The van der Waals surface area contributed by atoms with Crippen LogP contribution in [0.3, 0.4) is 0 Å². The van der Waals surface area contributed by atoms with Crippen LogP contribution in [0.25, 0.3) is 0 Å². The number of hydrogen-bond acceptors (Lipinski definition) is 1. The van der Waals surface area contributed by atoms with Crippen LogP contribution >= 0.6 is 0 Å². The molecule has 1 aromatic rings. The van der Waals surface area contributed by atoms with Gasteiger partial charge in [0, 0.05) is 17.2 Å². The number of aromatic nitrogens is 1. The van der Waals surface area contributed by atoms with E-state index in [4.69, 9.17) is 0 Å². The Morgan fingerprint density at radius 1 is 1.00 bits per heavy atom. The van der Waals surface area contributed by atoms with E-state index in [1.54, 1.807) is 6.20 Å². The Balaban J connectivity index is 3.48. The third-order valence-corrected chi connectivity index (χ3v) is 2.36. The molecule has 0 spiro atoms. The number of rotatable bonds is 0. The molecule has 1 heterocycles. The van der Waals surface area contributed by atoms with Gasteiger partial charge in [-0.15, -0.1) is 0 Å². The summed E-state index contributed by atoms with van der Waals surface area (Å²) in [5.41, 5.74) is 1.26. The Labute approximate surface area is 91.7 Å². The highest BCUT2D eigenvalue weighted by Gasteiger charge is 2.29. The first-order valence-corrected chi connectivity index (χ1v) is 5.29. The van der Waals surface area contributed by atoms with Crippen molar-refractivity contribution in [2.75, 3.05) is 0 Å². The molecule has 0 aliphatic rings. The van der Waals surface area contributed by atoms with Gasteiger partial charge in [0.2, 0.25) is 0 Å². The molecule has 0 unspecified atom stereocenters. The maximum Gasteiger partial charge on any atom is 0.130 e. The molecule has 0 aromatic carbocycles. The molecule has 0 aliphatic heterocycles. The highest BCUT2D eigenvalue weighted by molar-refractivity contribution is 5.33. The van der Waals surface area contributed by atoms with E-state index >= 15 is 0 Å². The van der Waals surface area contributed by atoms with Gasteiger partial charge in [0.15, 0.2) is 0 Å². The van der Waals surface area contributed by atoms with E-state index in [0.29, 0.717) is 0 Å². The van der Waals surface area contributed by atoms with Crippen LogP contribution in [0.4, 0.5) is 4.39 Å². The summed E-state index contributed by atoms with van der Waals surface area (Å²) < 4.78 is 13.8. The van der Waals surface area contributed by atoms with Crippen molar-refractivity contribution in [3.8, 4) is 0 Å². The Hall–Kier alpha value is -0.920. The van der Waals surface area contributed by atoms with Crippen molar-refractivity contribution < 1.29 is 4.39 Å². The molecule has 1 rings (SSSR count). The largest absolute Gasteiger partial charge is 0.260 e. The third kappa shape index (κ3) is 2.55. The van der Waals surface area contributed by atoms with Crippen molar-refractivity contribution in [2.45, 2.75) is 52.4 Å². The highest BCUT2D eigenvalue weighted by atomic mass is 19.1. The van der Waals surface area contributed by atoms with Crippen molar-refractivity contribution in [1.29, 1.82) is 0 Å². The molecule has 15 heavy (non-hydrogen) atoms. The molecule has 0 fully saturated rings. The van der Waals surface area contributed by atoms with Crippen molar-refractivity contribution in [3.05, 3.63) is 29.3 Å². The highest BCUT2D eigenvalue weighted by Crippen LogP contribution is 2.33. The Kier molecular flexibility index (Phi) is 2.90. The number of hydrogen-bond donors (Lipinski definition) is 0. The van der Waals surface area contributed by atoms with Crippen LogP contribution < -0.4 is 0 Å². The lowest BCUT2D eigenvalue weighted by molar-refractivity contribution is 0.474. The van der Waals surface area contributed by atoms with E-state index in [1.165, 1.54) is 6.07 Å². The van der Waals surface area contributed by atoms with Crippen LogP contribution in [0.2, 0.25) is 0 Å². The van der Waals surface area contributed by atoms with E-state index in [0.717, 1.165) is 11.3 Å². The third-order valence-electron chi connectivity index (χ3n) is 2.36. The predicted octanol–water partition coefficient (Wildman–Crippen LogP) is 3.82. The molecule has 0 radical (unpaired) electrons. The predicted molar refractivity (Wildman–Crippen MR) is 61.6 cm³/mol. The molecular formula is C13H20FN. The Bertz CT molecular complexity index is 356. The zero-order valence-corrected chi connectivity index (χ0v) is 10.5. The maximum atomic E-state index is 13.8. The standard InChI is InChI=1S/C13H20FN/c1-12(2,3)10-9(14)7-8-15-11(10)13(4,5)6/h7-8H,1-6H3. The fraction of sp³-hybridized carbons (Fsp3) is 0.615. The van der Waals surface area contributed by atoms with Crippen LogP contribution in [0.15, 0.2) is 12.3 Å². The zero-order valence-electron chi connectivity index (χ0n) is 10.5. The van der Waals surface area contributed by atoms with Crippen molar-refractivity contribution in [2.24, 2.45) is 0 Å². The molecule has 0 amide bonds. The summed E-state index contributed by atoms with van der Waals surface area (Å²) >= 11 is 0. The van der Waals surface area contributed by atoms with Gasteiger partial charge < -0.3 is 0 Å². The van der Waals surface area contributed by atoms with E-state index in [1.807, 2.05) is 20.8 Å².